The quantitative estimate of drug-likeness (QED) is 0.879. The smallest absolute Gasteiger partial charge is 0.137 e. The van der Waals surface area contributed by atoms with Crippen LogP contribution in [0.4, 0.5) is 4.39 Å². The summed E-state index contributed by atoms with van der Waals surface area (Å²) in [4.78, 5) is 0. The fraction of sp³-hybridized carbons (Fsp3) is 0.500. The molecule has 3 heteroatoms. The Morgan fingerprint density at radius 3 is 2.67 bits per heavy atom. The van der Waals surface area contributed by atoms with Gasteiger partial charge in [-0.2, -0.15) is 0 Å². The summed E-state index contributed by atoms with van der Waals surface area (Å²) >= 11 is 3.25. The molecular formula is C12H17BrFN. The Labute approximate surface area is 99.2 Å². The fourth-order valence-corrected chi connectivity index (χ4v) is 1.55. The van der Waals surface area contributed by atoms with Gasteiger partial charge in [-0.3, -0.25) is 0 Å². The minimum absolute atomic E-state index is 0.0890. The number of hydrogen-bond acceptors (Lipinski definition) is 1. The first-order valence-electron chi connectivity index (χ1n) is 5.14. The van der Waals surface area contributed by atoms with Crippen molar-refractivity contribution in [3.63, 3.8) is 0 Å². The van der Waals surface area contributed by atoms with Gasteiger partial charge in [-0.25, -0.2) is 4.39 Å². The highest BCUT2D eigenvalue weighted by Gasteiger charge is 2.14. The summed E-state index contributed by atoms with van der Waals surface area (Å²) in [6.45, 7) is 7.09. The molecule has 0 heterocycles. The molecule has 0 aliphatic heterocycles. The summed E-state index contributed by atoms with van der Waals surface area (Å²) in [5.74, 6) is -0.205. The Morgan fingerprint density at radius 2 is 2.07 bits per heavy atom. The Bertz CT molecular complexity index is 336. The van der Waals surface area contributed by atoms with Gasteiger partial charge < -0.3 is 5.32 Å². The lowest BCUT2D eigenvalue weighted by atomic mass is 10.0. The van der Waals surface area contributed by atoms with Crippen molar-refractivity contribution < 1.29 is 4.39 Å². The lowest BCUT2D eigenvalue weighted by Crippen LogP contribution is -2.37. The van der Waals surface area contributed by atoms with Crippen molar-refractivity contribution in [2.45, 2.75) is 39.3 Å². The predicted octanol–water partition coefficient (Wildman–Crippen LogP) is 3.87. The molecule has 1 nitrogen and oxygen atoms in total. The van der Waals surface area contributed by atoms with Gasteiger partial charge in [0.1, 0.15) is 5.82 Å². The van der Waals surface area contributed by atoms with Crippen LogP contribution in [0.1, 0.15) is 32.8 Å². The molecule has 0 aliphatic carbocycles. The minimum atomic E-state index is -0.205. The van der Waals surface area contributed by atoms with Crippen LogP contribution in [0.15, 0.2) is 22.7 Å². The van der Waals surface area contributed by atoms with Crippen LogP contribution in [-0.4, -0.2) is 5.54 Å². The zero-order chi connectivity index (χ0) is 11.5. The van der Waals surface area contributed by atoms with E-state index in [4.69, 9.17) is 0 Å². The molecule has 0 unspecified atom stereocenters. The molecule has 0 fully saturated rings. The van der Waals surface area contributed by atoms with Crippen molar-refractivity contribution in [2.75, 3.05) is 0 Å². The van der Waals surface area contributed by atoms with Crippen LogP contribution in [0.25, 0.3) is 0 Å². The normalized spacial score (nSPS) is 11.8. The third-order valence-corrected chi connectivity index (χ3v) is 3.56. The molecule has 0 atom stereocenters. The first-order chi connectivity index (χ1) is 6.96. The zero-order valence-electron chi connectivity index (χ0n) is 9.40. The van der Waals surface area contributed by atoms with Crippen molar-refractivity contribution in [1.82, 2.24) is 5.32 Å². The van der Waals surface area contributed by atoms with E-state index in [0.717, 1.165) is 12.0 Å². The molecule has 1 N–H and O–H groups in total. The lowest BCUT2D eigenvalue weighted by molar-refractivity contribution is 0.373. The van der Waals surface area contributed by atoms with Gasteiger partial charge in [0.2, 0.25) is 0 Å². The Hall–Kier alpha value is -0.410. The van der Waals surface area contributed by atoms with E-state index in [-0.39, 0.29) is 11.4 Å². The van der Waals surface area contributed by atoms with Gasteiger partial charge in [0.15, 0.2) is 0 Å². The molecule has 1 rings (SSSR count). The Balaban J connectivity index is 2.70. The second-order valence-corrected chi connectivity index (χ2v) is 5.10. The minimum Gasteiger partial charge on any atom is -0.308 e. The van der Waals surface area contributed by atoms with Crippen LogP contribution in [0, 0.1) is 5.82 Å². The zero-order valence-corrected chi connectivity index (χ0v) is 11.0. The van der Waals surface area contributed by atoms with Gasteiger partial charge in [0.25, 0.3) is 0 Å². The van der Waals surface area contributed by atoms with Gasteiger partial charge in [-0.1, -0.05) is 19.1 Å². The highest BCUT2D eigenvalue weighted by Crippen LogP contribution is 2.21. The summed E-state index contributed by atoms with van der Waals surface area (Å²) in [6.07, 6.45) is 1.04. The van der Waals surface area contributed by atoms with E-state index in [1.54, 1.807) is 6.07 Å². The fourth-order valence-electron chi connectivity index (χ4n) is 1.14. The third kappa shape index (κ3) is 3.58. The summed E-state index contributed by atoms with van der Waals surface area (Å²) < 4.78 is 13.8. The maximum atomic E-state index is 13.2. The highest BCUT2D eigenvalue weighted by molar-refractivity contribution is 9.10. The number of halogens is 2. The van der Waals surface area contributed by atoms with Crippen LogP contribution < -0.4 is 5.32 Å². The van der Waals surface area contributed by atoms with E-state index in [2.05, 4.69) is 42.0 Å². The molecule has 0 bridgehead atoms. The van der Waals surface area contributed by atoms with Gasteiger partial charge in [-0.15, -0.1) is 0 Å². The predicted molar refractivity (Wildman–Crippen MR) is 65.3 cm³/mol. The van der Waals surface area contributed by atoms with Crippen LogP contribution in [0.5, 0.6) is 0 Å². The van der Waals surface area contributed by atoms with Crippen molar-refractivity contribution >= 4 is 15.9 Å². The number of hydrogen-bond donors (Lipinski definition) is 1. The van der Waals surface area contributed by atoms with Crippen LogP contribution in [-0.2, 0) is 6.54 Å². The molecule has 0 aromatic heterocycles. The molecule has 0 radical (unpaired) electrons. The van der Waals surface area contributed by atoms with Crippen molar-refractivity contribution in [1.29, 1.82) is 0 Å². The van der Waals surface area contributed by atoms with Gasteiger partial charge >= 0.3 is 0 Å². The molecule has 15 heavy (non-hydrogen) atoms. The van der Waals surface area contributed by atoms with E-state index in [1.807, 2.05) is 6.07 Å². The van der Waals surface area contributed by atoms with E-state index in [9.17, 15) is 4.39 Å². The molecule has 1 aromatic carbocycles. The maximum absolute atomic E-state index is 13.2. The lowest BCUT2D eigenvalue weighted by Gasteiger charge is -2.24. The molecule has 0 saturated carbocycles. The first kappa shape index (κ1) is 12.7. The maximum Gasteiger partial charge on any atom is 0.137 e. The molecule has 84 valence electrons. The summed E-state index contributed by atoms with van der Waals surface area (Å²) in [5, 5.41) is 3.40. The van der Waals surface area contributed by atoms with E-state index >= 15 is 0 Å². The number of rotatable bonds is 4. The molecule has 0 amide bonds. The average Bonchev–Trinajstić information content (AvgIpc) is 2.20. The summed E-state index contributed by atoms with van der Waals surface area (Å²) in [6, 6.07) is 5.11. The molecule has 0 saturated heterocycles. The molecule has 0 spiro atoms. The van der Waals surface area contributed by atoms with Crippen LogP contribution >= 0.6 is 15.9 Å². The first-order valence-corrected chi connectivity index (χ1v) is 5.93. The number of benzene rings is 1. The molecule has 1 aromatic rings. The third-order valence-electron chi connectivity index (χ3n) is 2.67. The number of nitrogens with one attached hydrogen (secondary N) is 1. The van der Waals surface area contributed by atoms with Crippen LogP contribution in [0.2, 0.25) is 0 Å². The van der Waals surface area contributed by atoms with Gasteiger partial charge in [0, 0.05) is 12.1 Å². The Kier molecular flexibility index (Phi) is 4.29. The van der Waals surface area contributed by atoms with Gasteiger partial charge in [-0.05, 0) is 47.8 Å². The van der Waals surface area contributed by atoms with E-state index in [1.165, 1.54) is 6.07 Å². The summed E-state index contributed by atoms with van der Waals surface area (Å²) in [7, 11) is 0. The van der Waals surface area contributed by atoms with Crippen LogP contribution in [0.3, 0.4) is 0 Å². The summed E-state index contributed by atoms with van der Waals surface area (Å²) in [5.41, 5.74) is 1.04. The topological polar surface area (TPSA) is 12.0 Å². The van der Waals surface area contributed by atoms with Gasteiger partial charge in [0.05, 0.1) is 4.47 Å². The average molecular weight is 274 g/mol. The van der Waals surface area contributed by atoms with Crippen molar-refractivity contribution in [2.24, 2.45) is 0 Å². The second-order valence-electron chi connectivity index (χ2n) is 4.30. The standard InChI is InChI=1S/C12H17BrFN/c1-4-12(2,3)15-8-9-6-5-7-10(14)11(9)13/h5-7,15H,4,8H2,1-3H3. The monoisotopic (exact) mass is 273 g/mol. The second kappa shape index (κ2) is 5.08. The van der Waals surface area contributed by atoms with Crippen molar-refractivity contribution in [3.05, 3.63) is 34.1 Å². The highest BCUT2D eigenvalue weighted by atomic mass is 79.9. The SMILES string of the molecule is CCC(C)(C)NCc1cccc(F)c1Br. The molecular weight excluding hydrogens is 257 g/mol. The van der Waals surface area contributed by atoms with Crippen molar-refractivity contribution in [3.8, 4) is 0 Å². The molecule has 0 aliphatic rings. The van der Waals surface area contributed by atoms with E-state index in [0.29, 0.717) is 11.0 Å². The largest absolute Gasteiger partial charge is 0.308 e. The van der Waals surface area contributed by atoms with E-state index < -0.39 is 0 Å². The Morgan fingerprint density at radius 1 is 1.40 bits per heavy atom.